The number of ether oxygens (including phenoxy) is 1. The van der Waals surface area contributed by atoms with Crippen molar-refractivity contribution in [2.75, 3.05) is 18.0 Å². The van der Waals surface area contributed by atoms with E-state index in [2.05, 4.69) is 0 Å². The molecular weight excluding hydrogens is 427 g/mol. The first-order chi connectivity index (χ1) is 14.2. The van der Waals surface area contributed by atoms with E-state index < -0.39 is 17.4 Å². The minimum Gasteiger partial charge on any atom is -0.393 e. The van der Waals surface area contributed by atoms with Gasteiger partial charge in [-0.1, -0.05) is 47.0 Å². The van der Waals surface area contributed by atoms with Gasteiger partial charge in [-0.25, -0.2) is 4.79 Å². The first-order valence-electron chi connectivity index (χ1n) is 9.55. The average Bonchev–Trinajstić information content (AvgIpc) is 2.66. The molecule has 0 aliphatic carbocycles. The number of aryl methyl sites for hydroxylation is 1. The summed E-state index contributed by atoms with van der Waals surface area (Å²) in [5.74, 6) is -1.12. The van der Waals surface area contributed by atoms with Gasteiger partial charge in [0.15, 0.2) is 0 Å². The van der Waals surface area contributed by atoms with E-state index in [4.69, 9.17) is 27.9 Å². The SMILES string of the molecule is Cc1ccc(N2CC3(CC(=O)OC(=O)C3)CN(Cc3ccc(Cl)cc3Cl)C2=O)cc1. The molecule has 2 aromatic carbocycles. The van der Waals surface area contributed by atoms with Crippen molar-refractivity contribution in [3.63, 3.8) is 0 Å². The lowest BCUT2D eigenvalue weighted by atomic mass is 9.77. The zero-order chi connectivity index (χ0) is 21.5. The molecule has 2 aromatic rings. The normalized spacial score (nSPS) is 18.7. The van der Waals surface area contributed by atoms with Crippen LogP contribution in [0.4, 0.5) is 10.5 Å². The molecule has 2 aliphatic rings. The van der Waals surface area contributed by atoms with Crippen LogP contribution in [0.25, 0.3) is 0 Å². The van der Waals surface area contributed by atoms with Crippen LogP contribution in [-0.2, 0) is 20.9 Å². The van der Waals surface area contributed by atoms with Gasteiger partial charge in [-0.3, -0.25) is 14.5 Å². The third kappa shape index (κ3) is 4.16. The third-order valence-electron chi connectivity index (χ3n) is 5.51. The lowest BCUT2D eigenvalue weighted by Gasteiger charge is -2.48. The topological polar surface area (TPSA) is 66.9 Å². The molecule has 8 heteroatoms. The number of carbonyl (C=O) groups is 3. The van der Waals surface area contributed by atoms with Gasteiger partial charge in [-0.05, 0) is 36.8 Å². The van der Waals surface area contributed by atoms with Gasteiger partial charge in [0.2, 0.25) is 0 Å². The smallest absolute Gasteiger partial charge is 0.324 e. The van der Waals surface area contributed by atoms with E-state index in [0.717, 1.165) is 11.1 Å². The van der Waals surface area contributed by atoms with Crippen molar-refractivity contribution in [2.24, 2.45) is 5.41 Å². The summed E-state index contributed by atoms with van der Waals surface area (Å²) in [5, 5.41) is 0.961. The number of hydrogen-bond donors (Lipinski definition) is 0. The van der Waals surface area contributed by atoms with E-state index in [1.165, 1.54) is 0 Å². The monoisotopic (exact) mass is 446 g/mol. The van der Waals surface area contributed by atoms with Crippen LogP contribution in [0.15, 0.2) is 42.5 Å². The minimum atomic E-state index is -0.718. The first-order valence-corrected chi connectivity index (χ1v) is 10.3. The predicted octanol–water partition coefficient (Wildman–Crippen LogP) is 4.59. The maximum Gasteiger partial charge on any atom is 0.324 e. The van der Waals surface area contributed by atoms with Gasteiger partial charge in [0.05, 0.1) is 12.8 Å². The van der Waals surface area contributed by atoms with Gasteiger partial charge < -0.3 is 9.64 Å². The van der Waals surface area contributed by atoms with Crippen molar-refractivity contribution in [1.29, 1.82) is 0 Å². The molecule has 0 radical (unpaired) electrons. The number of carbonyl (C=O) groups excluding carboxylic acids is 3. The van der Waals surface area contributed by atoms with E-state index in [1.807, 2.05) is 31.2 Å². The number of nitrogens with zero attached hydrogens (tertiary/aromatic N) is 2. The van der Waals surface area contributed by atoms with Crippen LogP contribution in [0.1, 0.15) is 24.0 Å². The molecule has 2 amide bonds. The Morgan fingerprint density at radius 2 is 1.63 bits per heavy atom. The van der Waals surface area contributed by atoms with Crippen molar-refractivity contribution in [3.05, 3.63) is 63.6 Å². The lowest BCUT2D eigenvalue weighted by Crippen LogP contribution is -2.60. The Balaban J connectivity index is 1.70. The molecule has 156 valence electrons. The molecule has 30 heavy (non-hydrogen) atoms. The second-order valence-corrected chi connectivity index (χ2v) is 8.84. The molecule has 0 unspecified atom stereocenters. The fourth-order valence-corrected chi connectivity index (χ4v) is 4.57. The number of hydrogen-bond acceptors (Lipinski definition) is 4. The summed E-state index contributed by atoms with van der Waals surface area (Å²) in [6, 6.07) is 12.5. The van der Waals surface area contributed by atoms with Crippen LogP contribution < -0.4 is 4.90 Å². The summed E-state index contributed by atoms with van der Waals surface area (Å²) in [5.41, 5.74) is 1.80. The molecule has 4 rings (SSSR count). The highest BCUT2D eigenvalue weighted by atomic mass is 35.5. The van der Waals surface area contributed by atoms with Crippen LogP contribution in [0.2, 0.25) is 10.0 Å². The summed E-state index contributed by atoms with van der Waals surface area (Å²) in [6.07, 6.45) is 0.137. The predicted molar refractivity (Wildman–Crippen MR) is 114 cm³/mol. The molecule has 2 aliphatic heterocycles. The molecule has 6 nitrogen and oxygen atoms in total. The highest BCUT2D eigenvalue weighted by Crippen LogP contribution is 2.39. The minimum absolute atomic E-state index is 0.0687. The van der Waals surface area contributed by atoms with Crippen molar-refractivity contribution in [2.45, 2.75) is 26.3 Å². The van der Waals surface area contributed by atoms with E-state index in [9.17, 15) is 14.4 Å². The zero-order valence-electron chi connectivity index (χ0n) is 16.4. The standard InChI is InChI=1S/C22H20Cl2N2O4/c1-14-2-6-17(7-3-14)26-13-22(9-19(27)30-20(28)10-22)12-25(21(26)29)11-15-4-5-16(23)8-18(15)24/h2-8H,9-13H2,1H3. The summed E-state index contributed by atoms with van der Waals surface area (Å²) in [4.78, 5) is 40.8. The molecule has 0 bridgehead atoms. The van der Waals surface area contributed by atoms with Crippen molar-refractivity contribution in [1.82, 2.24) is 4.90 Å². The molecule has 2 saturated heterocycles. The van der Waals surface area contributed by atoms with E-state index >= 15 is 0 Å². The van der Waals surface area contributed by atoms with E-state index in [-0.39, 0.29) is 38.5 Å². The fraction of sp³-hybridized carbons (Fsp3) is 0.318. The second kappa shape index (κ2) is 7.93. The number of amides is 2. The number of rotatable bonds is 3. The van der Waals surface area contributed by atoms with Gasteiger partial charge >= 0.3 is 18.0 Å². The van der Waals surface area contributed by atoms with Gasteiger partial charge in [0.25, 0.3) is 0 Å². The zero-order valence-corrected chi connectivity index (χ0v) is 17.9. The van der Waals surface area contributed by atoms with Crippen molar-refractivity contribution >= 4 is 46.9 Å². The van der Waals surface area contributed by atoms with Crippen LogP contribution >= 0.6 is 23.2 Å². The highest BCUT2D eigenvalue weighted by Gasteiger charge is 2.49. The maximum atomic E-state index is 13.4. The molecule has 0 saturated carbocycles. The maximum absolute atomic E-state index is 13.4. The second-order valence-electron chi connectivity index (χ2n) is 8.00. The number of benzene rings is 2. The Labute approximate surface area is 184 Å². The summed E-state index contributed by atoms with van der Waals surface area (Å²) >= 11 is 12.3. The summed E-state index contributed by atoms with van der Waals surface area (Å²) in [6.45, 7) is 2.73. The van der Waals surface area contributed by atoms with E-state index in [1.54, 1.807) is 28.0 Å². The molecule has 0 atom stereocenters. The number of urea groups is 1. The molecule has 0 N–H and O–H groups in total. The van der Waals surface area contributed by atoms with Crippen molar-refractivity contribution in [3.8, 4) is 0 Å². The Morgan fingerprint density at radius 3 is 2.27 bits per heavy atom. The molecule has 1 spiro atoms. The third-order valence-corrected chi connectivity index (χ3v) is 6.10. The molecule has 2 fully saturated rings. The Kier molecular flexibility index (Phi) is 5.47. The first kappa shape index (κ1) is 20.7. The summed E-state index contributed by atoms with van der Waals surface area (Å²) < 4.78 is 4.75. The quantitative estimate of drug-likeness (QED) is 0.510. The molecule has 0 aromatic heterocycles. The van der Waals surface area contributed by atoms with Gasteiger partial charge in [-0.15, -0.1) is 0 Å². The Morgan fingerprint density at radius 1 is 0.967 bits per heavy atom. The van der Waals surface area contributed by atoms with Gasteiger partial charge in [0, 0.05) is 40.8 Å². The Hall–Kier alpha value is -2.57. The lowest BCUT2D eigenvalue weighted by molar-refractivity contribution is -0.169. The van der Waals surface area contributed by atoms with Crippen LogP contribution in [-0.4, -0.2) is 36.0 Å². The Bertz CT molecular complexity index is 1010. The van der Waals surface area contributed by atoms with Gasteiger partial charge in [0.1, 0.15) is 0 Å². The summed E-state index contributed by atoms with van der Waals surface area (Å²) in [7, 11) is 0. The van der Waals surface area contributed by atoms with Crippen molar-refractivity contribution < 1.29 is 19.1 Å². The van der Waals surface area contributed by atoms with Crippen LogP contribution in [0.3, 0.4) is 0 Å². The number of esters is 2. The number of halogens is 2. The number of cyclic esters (lactones) is 2. The molecule has 2 heterocycles. The average molecular weight is 447 g/mol. The fourth-order valence-electron chi connectivity index (χ4n) is 4.10. The number of anilines is 1. The van der Waals surface area contributed by atoms with Gasteiger partial charge in [-0.2, -0.15) is 0 Å². The highest BCUT2D eigenvalue weighted by molar-refractivity contribution is 6.35. The van der Waals surface area contributed by atoms with Crippen LogP contribution in [0.5, 0.6) is 0 Å². The largest absolute Gasteiger partial charge is 0.393 e. The van der Waals surface area contributed by atoms with E-state index in [0.29, 0.717) is 15.7 Å². The van der Waals surface area contributed by atoms with Crippen LogP contribution in [0, 0.1) is 12.3 Å². The molecular formula is C22H20Cl2N2O4.